The van der Waals surface area contributed by atoms with Crippen LogP contribution < -0.4 is 11.5 Å². The third kappa shape index (κ3) is 4.87. The minimum Gasteiger partial charge on any atom is -0.480 e. The SMILES string of the molecule is NC(=O)CN(CC(=O)O)Cc1ccc(C(N)=O)cc1Cl. The second-order valence-electron chi connectivity index (χ2n) is 4.18. The number of carboxylic acids is 1. The predicted molar refractivity (Wildman–Crippen MR) is 72.1 cm³/mol. The Morgan fingerprint density at radius 1 is 1.20 bits per heavy atom. The summed E-state index contributed by atoms with van der Waals surface area (Å²) in [4.78, 5) is 33.9. The molecule has 0 atom stereocenters. The molecule has 2 amide bonds. The first-order chi connectivity index (χ1) is 9.29. The van der Waals surface area contributed by atoms with E-state index in [-0.39, 0.29) is 30.2 Å². The standard InChI is InChI=1S/C12H14ClN3O4/c13-9-3-7(12(15)20)1-2-8(9)4-16(5-10(14)17)6-11(18)19/h1-3H,4-6H2,(H2,14,17)(H2,15,20)(H,18,19). The number of benzene rings is 1. The molecule has 0 aliphatic carbocycles. The van der Waals surface area contributed by atoms with Gasteiger partial charge >= 0.3 is 5.97 Å². The van der Waals surface area contributed by atoms with Gasteiger partial charge in [0.2, 0.25) is 11.8 Å². The lowest BCUT2D eigenvalue weighted by Gasteiger charge is -2.19. The maximum Gasteiger partial charge on any atom is 0.317 e. The highest BCUT2D eigenvalue weighted by Gasteiger charge is 2.15. The van der Waals surface area contributed by atoms with Gasteiger partial charge in [-0.05, 0) is 17.7 Å². The fraction of sp³-hybridized carbons (Fsp3) is 0.250. The van der Waals surface area contributed by atoms with Crippen LogP contribution in [0.1, 0.15) is 15.9 Å². The summed E-state index contributed by atoms with van der Waals surface area (Å²) in [6, 6.07) is 4.42. The number of nitrogens with two attached hydrogens (primary N) is 2. The molecule has 108 valence electrons. The number of carboxylic acid groups (broad SMARTS) is 1. The Kier molecular flexibility index (Phi) is 5.48. The lowest BCUT2D eigenvalue weighted by molar-refractivity contribution is -0.138. The van der Waals surface area contributed by atoms with Crippen LogP contribution in [0, 0.1) is 0 Å². The van der Waals surface area contributed by atoms with Gasteiger partial charge in [0.25, 0.3) is 0 Å². The van der Waals surface area contributed by atoms with Gasteiger partial charge in [-0.1, -0.05) is 17.7 Å². The first-order valence-electron chi connectivity index (χ1n) is 5.60. The van der Waals surface area contributed by atoms with Gasteiger partial charge in [-0.3, -0.25) is 19.3 Å². The van der Waals surface area contributed by atoms with Crippen molar-refractivity contribution in [2.45, 2.75) is 6.54 Å². The Bertz CT molecular complexity index is 532. The molecule has 5 N–H and O–H groups in total. The Labute approximate surface area is 120 Å². The molecule has 8 heteroatoms. The van der Waals surface area contributed by atoms with Gasteiger partial charge in [0, 0.05) is 17.1 Å². The largest absolute Gasteiger partial charge is 0.480 e. The third-order valence-electron chi connectivity index (χ3n) is 2.47. The number of halogens is 1. The van der Waals surface area contributed by atoms with Crippen LogP contribution >= 0.6 is 11.6 Å². The molecule has 0 saturated carbocycles. The van der Waals surface area contributed by atoms with Crippen molar-refractivity contribution in [2.24, 2.45) is 11.5 Å². The predicted octanol–water partition coefficient (Wildman–Crippen LogP) is -0.189. The quantitative estimate of drug-likeness (QED) is 0.643. The first-order valence-corrected chi connectivity index (χ1v) is 5.98. The molecule has 1 rings (SSSR count). The molecule has 0 heterocycles. The van der Waals surface area contributed by atoms with Gasteiger partial charge < -0.3 is 16.6 Å². The first kappa shape index (κ1) is 15.9. The summed E-state index contributed by atoms with van der Waals surface area (Å²) in [5.74, 6) is -2.34. The monoisotopic (exact) mass is 299 g/mol. The second kappa shape index (κ2) is 6.88. The summed E-state index contributed by atoms with van der Waals surface area (Å²) in [6.45, 7) is -0.440. The Hall–Kier alpha value is -2.12. The van der Waals surface area contributed by atoms with E-state index in [1.807, 2.05) is 0 Å². The number of primary amides is 2. The topological polar surface area (TPSA) is 127 Å². The van der Waals surface area contributed by atoms with Crippen LogP contribution in [-0.4, -0.2) is 40.9 Å². The fourth-order valence-electron chi connectivity index (χ4n) is 1.65. The molecule has 1 aromatic rings. The van der Waals surface area contributed by atoms with E-state index in [1.165, 1.54) is 17.0 Å². The highest BCUT2D eigenvalue weighted by atomic mass is 35.5. The van der Waals surface area contributed by atoms with Crippen LogP contribution in [0.15, 0.2) is 18.2 Å². The zero-order valence-corrected chi connectivity index (χ0v) is 11.3. The van der Waals surface area contributed by atoms with Crippen molar-refractivity contribution in [3.05, 3.63) is 34.3 Å². The smallest absolute Gasteiger partial charge is 0.317 e. The number of nitrogens with zero attached hydrogens (tertiary/aromatic N) is 1. The number of carbonyl (C=O) groups excluding carboxylic acids is 2. The molecule has 0 radical (unpaired) electrons. The van der Waals surface area contributed by atoms with E-state index in [1.54, 1.807) is 6.07 Å². The highest BCUT2D eigenvalue weighted by molar-refractivity contribution is 6.31. The number of aliphatic carboxylic acids is 1. The van der Waals surface area contributed by atoms with E-state index in [0.717, 1.165) is 0 Å². The summed E-state index contributed by atoms with van der Waals surface area (Å²) in [5.41, 5.74) is 11.0. The lowest BCUT2D eigenvalue weighted by atomic mass is 10.1. The van der Waals surface area contributed by atoms with Gasteiger partial charge in [-0.25, -0.2) is 0 Å². The summed E-state index contributed by atoms with van der Waals surface area (Å²) in [7, 11) is 0. The van der Waals surface area contributed by atoms with E-state index in [9.17, 15) is 14.4 Å². The van der Waals surface area contributed by atoms with Crippen LogP contribution in [0.5, 0.6) is 0 Å². The third-order valence-corrected chi connectivity index (χ3v) is 2.82. The van der Waals surface area contributed by atoms with Crippen molar-refractivity contribution in [1.29, 1.82) is 0 Å². The molecule has 0 aromatic heterocycles. The maximum absolute atomic E-state index is 11.0. The molecule has 20 heavy (non-hydrogen) atoms. The molecule has 0 unspecified atom stereocenters. The Morgan fingerprint density at radius 2 is 1.85 bits per heavy atom. The summed E-state index contributed by atoms with van der Waals surface area (Å²) in [5, 5.41) is 9.04. The van der Waals surface area contributed by atoms with E-state index < -0.39 is 17.8 Å². The molecule has 0 spiro atoms. The average Bonchev–Trinajstić information content (AvgIpc) is 2.29. The number of rotatable bonds is 7. The summed E-state index contributed by atoms with van der Waals surface area (Å²) in [6.07, 6.45) is 0. The molecule has 1 aromatic carbocycles. The van der Waals surface area contributed by atoms with Crippen LogP contribution in [0.25, 0.3) is 0 Å². The molecule has 0 bridgehead atoms. The zero-order valence-electron chi connectivity index (χ0n) is 10.5. The van der Waals surface area contributed by atoms with Crippen molar-refractivity contribution in [2.75, 3.05) is 13.1 Å². The molecular formula is C12H14ClN3O4. The highest BCUT2D eigenvalue weighted by Crippen LogP contribution is 2.19. The van der Waals surface area contributed by atoms with Crippen molar-refractivity contribution < 1.29 is 19.5 Å². The number of hydrogen-bond acceptors (Lipinski definition) is 4. The molecule has 0 fully saturated rings. The van der Waals surface area contributed by atoms with Gasteiger partial charge in [-0.15, -0.1) is 0 Å². The average molecular weight is 300 g/mol. The Balaban J connectivity index is 2.90. The van der Waals surface area contributed by atoms with E-state index in [0.29, 0.717) is 5.56 Å². The molecular weight excluding hydrogens is 286 g/mol. The molecule has 0 saturated heterocycles. The van der Waals surface area contributed by atoms with Gasteiger partial charge in [0.05, 0.1) is 13.1 Å². The normalized spacial score (nSPS) is 10.5. The van der Waals surface area contributed by atoms with Crippen LogP contribution in [0.4, 0.5) is 0 Å². The Morgan fingerprint density at radius 3 is 2.30 bits per heavy atom. The van der Waals surface area contributed by atoms with Gasteiger partial charge in [0.15, 0.2) is 0 Å². The van der Waals surface area contributed by atoms with Gasteiger partial charge in [-0.2, -0.15) is 0 Å². The van der Waals surface area contributed by atoms with E-state index in [4.69, 9.17) is 28.2 Å². The van der Waals surface area contributed by atoms with E-state index >= 15 is 0 Å². The van der Waals surface area contributed by atoms with Crippen molar-refractivity contribution in [1.82, 2.24) is 4.90 Å². The minimum absolute atomic E-state index is 0.118. The fourth-order valence-corrected chi connectivity index (χ4v) is 1.89. The number of carbonyl (C=O) groups is 3. The van der Waals surface area contributed by atoms with Gasteiger partial charge in [0.1, 0.15) is 0 Å². The van der Waals surface area contributed by atoms with Crippen molar-refractivity contribution in [3.63, 3.8) is 0 Å². The maximum atomic E-state index is 11.0. The number of hydrogen-bond donors (Lipinski definition) is 3. The van der Waals surface area contributed by atoms with Crippen LogP contribution in [0.2, 0.25) is 5.02 Å². The summed E-state index contributed by atoms with van der Waals surface area (Å²) >= 11 is 5.99. The van der Waals surface area contributed by atoms with Crippen molar-refractivity contribution >= 4 is 29.4 Å². The number of amides is 2. The second-order valence-corrected chi connectivity index (χ2v) is 4.58. The summed E-state index contributed by atoms with van der Waals surface area (Å²) < 4.78 is 0. The van der Waals surface area contributed by atoms with E-state index in [2.05, 4.69) is 0 Å². The molecule has 7 nitrogen and oxygen atoms in total. The lowest BCUT2D eigenvalue weighted by Crippen LogP contribution is -2.36. The van der Waals surface area contributed by atoms with Crippen molar-refractivity contribution in [3.8, 4) is 0 Å². The van der Waals surface area contributed by atoms with Crippen LogP contribution in [-0.2, 0) is 16.1 Å². The molecule has 0 aliphatic heterocycles. The van der Waals surface area contributed by atoms with Crippen LogP contribution in [0.3, 0.4) is 0 Å². The zero-order chi connectivity index (χ0) is 15.3. The minimum atomic E-state index is -1.09. The molecule has 0 aliphatic rings.